The van der Waals surface area contributed by atoms with Gasteiger partial charge in [-0.3, -0.25) is 9.59 Å². The van der Waals surface area contributed by atoms with Crippen molar-refractivity contribution in [3.05, 3.63) is 46.2 Å². The number of rotatable bonds is 2. The van der Waals surface area contributed by atoms with Crippen LogP contribution in [-0.4, -0.2) is 23.4 Å². The van der Waals surface area contributed by atoms with Crippen molar-refractivity contribution in [3.8, 4) is 5.75 Å². The molecule has 0 unspecified atom stereocenters. The summed E-state index contributed by atoms with van der Waals surface area (Å²) in [7, 11) is 0. The summed E-state index contributed by atoms with van der Waals surface area (Å²) >= 11 is 11.5. The van der Waals surface area contributed by atoms with Gasteiger partial charge in [-0.1, -0.05) is 23.2 Å². The standard InChI is InChI=1S/C14H9Cl2N3O3/c15-11-3-7(4-12(16)19-11)14(21)17-8-1-2-10-9(5-8)18-13(20)6-22-10/h1-5H,6H2,(H,17,21)(H,18,20). The van der Waals surface area contributed by atoms with E-state index in [0.717, 1.165) is 0 Å². The molecule has 1 aromatic heterocycles. The summed E-state index contributed by atoms with van der Waals surface area (Å²) in [4.78, 5) is 27.2. The molecule has 6 nitrogen and oxygen atoms in total. The molecule has 0 saturated heterocycles. The van der Waals surface area contributed by atoms with Crippen molar-refractivity contribution < 1.29 is 14.3 Å². The number of hydrogen-bond acceptors (Lipinski definition) is 4. The van der Waals surface area contributed by atoms with E-state index in [1.807, 2.05) is 0 Å². The van der Waals surface area contributed by atoms with Gasteiger partial charge in [0.15, 0.2) is 6.61 Å². The molecule has 0 radical (unpaired) electrons. The summed E-state index contributed by atoms with van der Waals surface area (Å²) in [5.41, 5.74) is 1.28. The van der Waals surface area contributed by atoms with E-state index in [1.54, 1.807) is 18.2 Å². The average Bonchev–Trinajstić information content (AvgIpc) is 2.45. The molecular weight excluding hydrogens is 329 g/mol. The fourth-order valence-corrected chi connectivity index (χ4v) is 2.42. The second-order valence-electron chi connectivity index (χ2n) is 4.50. The molecule has 2 aromatic rings. The maximum Gasteiger partial charge on any atom is 0.262 e. The van der Waals surface area contributed by atoms with Crippen molar-refractivity contribution in [2.75, 3.05) is 17.2 Å². The third kappa shape index (κ3) is 3.13. The molecule has 0 fully saturated rings. The van der Waals surface area contributed by atoms with Crippen LogP contribution in [0.4, 0.5) is 11.4 Å². The van der Waals surface area contributed by atoms with Crippen LogP contribution in [0.5, 0.6) is 5.75 Å². The summed E-state index contributed by atoms with van der Waals surface area (Å²) in [6, 6.07) is 7.75. The fourth-order valence-electron chi connectivity index (χ4n) is 1.96. The molecule has 0 atom stereocenters. The Morgan fingerprint density at radius 2 is 1.95 bits per heavy atom. The Bertz CT molecular complexity index is 760. The van der Waals surface area contributed by atoms with Gasteiger partial charge < -0.3 is 15.4 Å². The van der Waals surface area contributed by atoms with Crippen LogP contribution in [0.15, 0.2) is 30.3 Å². The number of pyridine rings is 1. The molecule has 0 saturated carbocycles. The summed E-state index contributed by atoms with van der Waals surface area (Å²) in [5.74, 6) is -0.0922. The molecule has 1 aliphatic heterocycles. The zero-order valence-electron chi connectivity index (χ0n) is 11.0. The third-order valence-corrected chi connectivity index (χ3v) is 3.28. The zero-order valence-corrected chi connectivity index (χ0v) is 12.5. The highest BCUT2D eigenvalue weighted by atomic mass is 35.5. The van der Waals surface area contributed by atoms with Crippen molar-refractivity contribution >= 4 is 46.4 Å². The van der Waals surface area contributed by atoms with Gasteiger partial charge in [0.25, 0.3) is 11.8 Å². The van der Waals surface area contributed by atoms with E-state index in [-0.39, 0.29) is 28.4 Å². The van der Waals surface area contributed by atoms with Crippen LogP contribution < -0.4 is 15.4 Å². The largest absolute Gasteiger partial charge is 0.482 e. The molecular formula is C14H9Cl2N3O3. The molecule has 22 heavy (non-hydrogen) atoms. The first-order valence-corrected chi connectivity index (χ1v) is 6.98. The number of carbonyl (C=O) groups is 2. The molecule has 1 aliphatic rings. The van der Waals surface area contributed by atoms with Gasteiger partial charge in [0.2, 0.25) is 0 Å². The third-order valence-electron chi connectivity index (χ3n) is 2.90. The van der Waals surface area contributed by atoms with E-state index >= 15 is 0 Å². The molecule has 0 spiro atoms. The van der Waals surface area contributed by atoms with Gasteiger partial charge in [-0.15, -0.1) is 0 Å². The topological polar surface area (TPSA) is 80.3 Å². The van der Waals surface area contributed by atoms with Gasteiger partial charge in [0.1, 0.15) is 16.1 Å². The maximum absolute atomic E-state index is 12.2. The van der Waals surface area contributed by atoms with Crippen LogP contribution in [0.1, 0.15) is 10.4 Å². The van der Waals surface area contributed by atoms with Crippen molar-refractivity contribution in [2.24, 2.45) is 0 Å². The minimum atomic E-state index is -0.394. The Morgan fingerprint density at radius 3 is 2.68 bits per heavy atom. The number of carbonyl (C=O) groups excluding carboxylic acids is 2. The summed E-state index contributed by atoms with van der Waals surface area (Å²) in [6.07, 6.45) is 0. The SMILES string of the molecule is O=C1COc2ccc(NC(=O)c3cc(Cl)nc(Cl)c3)cc2N1. The molecule has 2 heterocycles. The number of benzene rings is 1. The smallest absolute Gasteiger partial charge is 0.262 e. The molecule has 1 aromatic carbocycles. The van der Waals surface area contributed by atoms with E-state index in [1.165, 1.54) is 12.1 Å². The number of nitrogens with zero attached hydrogens (tertiary/aromatic N) is 1. The first-order chi connectivity index (χ1) is 10.5. The van der Waals surface area contributed by atoms with Crippen LogP contribution in [0, 0.1) is 0 Å². The van der Waals surface area contributed by atoms with Crippen molar-refractivity contribution in [2.45, 2.75) is 0 Å². The number of halogens is 2. The molecule has 2 N–H and O–H groups in total. The quantitative estimate of drug-likeness (QED) is 0.825. The van der Waals surface area contributed by atoms with Gasteiger partial charge >= 0.3 is 0 Å². The number of fused-ring (bicyclic) bond motifs is 1. The number of hydrogen-bond donors (Lipinski definition) is 2. The van der Waals surface area contributed by atoms with E-state index in [2.05, 4.69) is 15.6 Å². The number of aromatic nitrogens is 1. The lowest BCUT2D eigenvalue weighted by Gasteiger charge is -2.18. The maximum atomic E-state index is 12.2. The predicted octanol–water partition coefficient (Wildman–Crippen LogP) is 2.97. The normalized spacial score (nSPS) is 12.9. The van der Waals surface area contributed by atoms with Crippen LogP contribution in [0.2, 0.25) is 10.3 Å². The summed E-state index contributed by atoms with van der Waals surface area (Å²) in [5, 5.41) is 5.61. The molecule has 3 rings (SSSR count). The second-order valence-corrected chi connectivity index (χ2v) is 5.28. The summed E-state index contributed by atoms with van der Waals surface area (Å²) in [6.45, 7) is -0.0211. The molecule has 0 aliphatic carbocycles. The minimum Gasteiger partial charge on any atom is -0.482 e. The highest BCUT2D eigenvalue weighted by Gasteiger charge is 2.17. The van der Waals surface area contributed by atoms with E-state index in [9.17, 15) is 9.59 Å². The molecule has 2 amide bonds. The van der Waals surface area contributed by atoms with Gasteiger partial charge in [0, 0.05) is 11.3 Å². The minimum absolute atomic E-state index is 0.0211. The van der Waals surface area contributed by atoms with Crippen molar-refractivity contribution in [1.82, 2.24) is 4.98 Å². The highest BCUT2D eigenvalue weighted by Crippen LogP contribution is 2.30. The van der Waals surface area contributed by atoms with Crippen molar-refractivity contribution in [3.63, 3.8) is 0 Å². The fraction of sp³-hybridized carbons (Fsp3) is 0.0714. The zero-order chi connectivity index (χ0) is 15.7. The summed E-state index contributed by atoms with van der Waals surface area (Å²) < 4.78 is 5.24. The number of amides is 2. The Hall–Kier alpha value is -2.31. The van der Waals surface area contributed by atoms with Gasteiger partial charge in [0.05, 0.1) is 5.69 Å². The van der Waals surface area contributed by atoms with Gasteiger partial charge in [-0.25, -0.2) is 4.98 Å². The Labute approximate surface area is 135 Å². The van der Waals surface area contributed by atoms with Crippen molar-refractivity contribution in [1.29, 1.82) is 0 Å². The second kappa shape index (κ2) is 5.82. The Morgan fingerprint density at radius 1 is 1.23 bits per heavy atom. The lowest BCUT2D eigenvalue weighted by Crippen LogP contribution is -2.25. The van der Waals surface area contributed by atoms with Crippen LogP contribution in [0.3, 0.4) is 0 Å². The first kappa shape index (κ1) is 14.6. The van der Waals surface area contributed by atoms with Crippen LogP contribution in [0.25, 0.3) is 0 Å². The first-order valence-electron chi connectivity index (χ1n) is 6.22. The van der Waals surface area contributed by atoms with E-state index < -0.39 is 5.91 Å². The monoisotopic (exact) mass is 337 g/mol. The van der Waals surface area contributed by atoms with E-state index in [4.69, 9.17) is 27.9 Å². The molecule has 8 heteroatoms. The van der Waals surface area contributed by atoms with Gasteiger partial charge in [-0.2, -0.15) is 0 Å². The molecule has 0 bridgehead atoms. The molecule has 112 valence electrons. The lowest BCUT2D eigenvalue weighted by atomic mass is 10.2. The Kier molecular flexibility index (Phi) is 3.87. The van der Waals surface area contributed by atoms with Crippen LogP contribution in [-0.2, 0) is 4.79 Å². The average molecular weight is 338 g/mol. The van der Waals surface area contributed by atoms with E-state index in [0.29, 0.717) is 17.1 Å². The highest BCUT2D eigenvalue weighted by molar-refractivity contribution is 6.33. The van der Waals surface area contributed by atoms with Gasteiger partial charge in [-0.05, 0) is 30.3 Å². The predicted molar refractivity (Wildman–Crippen MR) is 82.8 cm³/mol. The number of nitrogens with one attached hydrogen (secondary N) is 2. The number of ether oxygens (including phenoxy) is 1. The Balaban J connectivity index is 1.82. The van der Waals surface area contributed by atoms with Crippen LogP contribution >= 0.6 is 23.2 Å². The lowest BCUT2D eigenvalue weighted by molar-refractivity contribution is -0.118. The number of anilines is 2.